The molecule has 1 aromatic carbocycles. The zero-order valence-corrected chi connectivity index (χ0v) is 9.80. The number of aliphatic hydroxyl groups excluding tert-OH is 1. The number of aliphatic hydroxyl groups is 1. The molecule has 0 radical (unpaired) electrons. The lowest BCUT2D eigenvalue weighted by molar-refractivity contribution is 0.287. The molecule has 0 atom stereocenters. The van der Waals surface area contributed by atoms with E-state index in [1.54, 1.807) is 0 Å². The molecule has 2 N–H and O–H groups in total. The highest BCUT2D eigenvalue weighted by molar-refractivity contribution is 7.92. The van der Waals surface area contributed by atoms with Crippen LogP contribution in [0.1, 0.15) is 12.8 Å². The predicted octanol–water partition coefficient (Wildman–Crippen LogP) is 1.48. The Bertz CT molecular complexity index is 476. The molecule has 17 heavy (non-hydrogen) atoms. The van der Waals surface area contributed by atoms with Crippen molar-refractivity contribution >= 4 is 15.7 Å². The van der Waals surface area contributed by atoms with Crippen molar-refractivity contribution in [2.75, 3.05) is 17.1 Å². The Kier molecular flexibility index (Phi) is 4.83. The number of unbranched alkanes of at least 4 members (excludes halogenated alkanes) is 1. The molecule has 0 aliphatic rings. The highest BCUT2D eigenvalue weighted by atomic mass is 32.2. The Morgan fingerprint density at radius 1 is 1.24 bits per heavy atom. The van der Waals surface area contributed by atoms with Crippen molar-refractivity contribution in [2.45, 2.75) is 12.8 Å². The minimum Gasteiger partial charge on any atom is -0.396 e. The molecule has 1 rings (SSSR count). The van der Waals surface area contributed by atoms with Gasteiger partial charge in [0.15, 0.2) is 0 Å². The van der Waals surface area contributed by atoms with Gasteiger partial charge >= 0.3 is 0 Å². The van der Waals surface area contributed by atoms with Crippen molar-refractivity contribution in [3.63, 3.8) is 0 Å². The minimum absolute atomic E-state index is 0.107. The number of rotatable bonds is 6. The Morgan fingerprint density at radius 3 is 2.59 bits per heavy atom. The molecule has 0 aliphatic heterocycles. The van der Waals surface area contributed by atoms with Crippen LogP contribution in [0, 0.1) is 11.6 Å². The van der Waals surface area contributed by atoms with Crippen LogP contribution in [0.25, 0.3) is 0 Å². The first-order chi connectivity index (χ1) is 7.94. The normalized spacial score (nSPS) is 11.5. The first kappa shape index (κ1) is 13.9. The summed E-state index contributed by atoms with van der Waals surface area (Å²) < 4.78 is 50.8. The van der Waals surface area contributed by atoms with Crippen molar-refractivity contribution in [3.8, 4) is 0 Å². The fourth-order valence-electron chi connectivity index (χ4n) is 1.20. The lowest BCUT2D eigenvalue weighted by atomic mass is 10.3. The maximum Gasteiger partial charge on any atom is 0.232 e. The number of hydrogen-bond acceptors (Lipinski definition) is 3. The molecule has 0 fully saturated rings. The number of nitrogens with one attached hydrogen (secondary N) is 1. The predicted molar refractivity (Wildman–Crippen MR) is 60.1 cm³/mol. The van der Waals surface area contributed by atoms with E-state index in [1.165, 1.54) is 0 Å². The fourth-order valence-corrected chi connectivity index (χ4v) is 2.38. The van der Waals surface area contributed by atoms with Crippen LogP contribution in [0.15, 0.2) is 18.2 Å². The number of benzene rings is 1. The molecule has 0 amide bonds. The van der Waals surface area contributed by atoms with Gasteiger partial charge in [0.05, 0.1) is 11.4 Å². The van der Waals surface area contributed by atoms with Gasteiger partial charge in [-0.15, -0.1) is 0 Å². The van der Waals surface area contributed by atoms with E-state index in [0.717, 1.165) is 18.2 Å². The maximum absolute atomic E-state index is 13.2. The van der Waals surface area contributed by atoms with Gasteiger partial charge in [-0.2, -0.15) is 0 Å². The smallest absolute Gasteiger partial charge is 0.232 e. The van der Waals surface area contributed by atoms with Gasteiger partial charge < -0.3 is 5.11 Å². The highest BCUT2D eigenvalue weighted by Crippen LogP contribution is 2.17. The van der Waals surface area contributed by atoms with Crippen LogP contribution >= 0.6 is 0 Å². The first-order valence-corrected chi connectivity index (χ1v) is 6.66. The molecule has 7 heteroatoms. The van der Waals surface area contributed by atoms with Crippen molar-refractivity contribution in [2.24, 2.45) is 0 Å². The second kappa shape index (κ2) is 5.92. The summed E-state index contributed by atoms with van der Waals surface area (Å²) in [6.07, 6.45) is 0.593. The lowest BCUT2D eigenvalue weighted by Gasteiger charge is -2.08. The quantitative estimate of drug-likeness (QED) is 0.766. The zero-order valence-electron chi connectivity index (χ0n) is 8.99. The standard InChI is InChI=1S/C10H13F2NO3S/c11-8-3-4-9(12)10(7-8)13-17(15,16)6-2-1-5-14/h3-4,7,13-14H,1-2,5-6H2. The van der Waals surface area contributed by atoms with Gasteiger partial charge in [0.1, 0.15) is 11.6 Å². The minimum atomic E-state index is -3.71. The van der Waals surface area contributed by atoms with E-state index in [-0.39, 0.29) is 18.8 Å². The summed E-state index contributed by atoms with van der Waals surface area (Å²) >= 11 is 0. The fraction of sp³-hybridized carbons (Fsp3) is 0.400. The summed E-state index contributed by atoms with van der Waals surface area (Å²) in [6, 6.07) is 2.53. The van der Waals surface area contributed by atoms with Gasteiger partial charge in [-0.25, -0.2) is 17.2 Å². The molecule has 0 aromatic heterocycles. The third-order valence-electron chi connectivity index (χ3n) is 2.02. The van der Waals surface area contributed by atoms with Crippen LogP contribution in [0.2, 0.25) is 0 Å². The van der Waals surface area contributed by atoms with Crippen LogP contribution in [0.5, 0.6) is 0 Å². The molecule has 0 saturated carbocycles. The number of halogens is 2. The first-order valence-electron chi connectivity index (χ1n) is 5.01. The van der Waals surface area contributed by atoms with Crippen LogP contribution < -0.4 is 4.72 Å². The van der Waals surface area contributed by atoms with Crippen LogP contribution in [0.4, 0.5) is 14.5 Å². The molecule has 0 saturated heterocycles. The van der Waals surface area contributed by atoms with E-state index in [1.807, 2.05) is 4.72 Å². The van der Waals surface area contributed by atoms with E-state index >= 15 is 0 Å². The van der Waals surface area contributed by atoms with Crippen molar-refractivity contribution in [3.05, 3.63) is 29.8 Å². The molecular formula is C10H13F2NO3S. The third-order valence-corrected chi connectivity index (χ3v) is 3.37. The SMILES string of the molecule is O=S(=O)(CCCCO)Nc1cc(F)ccc1F. The second-order valence-corrected chi connectivity index (χ2v) is 5.32. The summed E-state index contributed by atoms with van der Waals surface area (Å²) in [4.78, 5) is 0. The summed E-state index contributed by atoms with van der Waals surface area (Å²) in [5, 5.41) is 8.51. The Balaban J connectivity index is 2.72. The zero-order chi connectivity index (χ0) is 12.9. The maximum atomic E-state index is 13.2. The van der Waals surface area contributed by atoms with Crippen LogP contribution in [-0.4, -0.2) is 25.9 Å². The summed E-state index contributed by atoms with van der Waals surface area (Å²) in [6.45, 7) is -0.107. The van der Waals surface area contributed by atoms with Gasteiger partial charge in [-0.1, -0.05) is 0 Å². The van der Waals surface area contributed by atoms with Crippen molar-refractivity contribution < 1.29 is 22.3 Å². The van der Waals surface area contributed by atoms with Gasteiger partial charge in [0.25, 0.3) is 0 Å². The Hall–Kier alpha value is -1.21. The lowest BCUT2D eigenvalue weighted by Crippen LogP contribution is -2.17. The molecule has 0 heterocycles. The van der Waals surface area contributed by atoms with E-state index in [9.17, 15) is 17.2 Å². The molecule has 0 unspecified atom stereocenters. The average molecular weight is 265 g/mol. The van der Waals surface area contributed by atoms with Gasteiger partial charge in [-0.05, 0) is 25.0 Å². The van der Waals surface area contributed by atoms with E-state index in [4.69, 9.17) is 5.11 Å². The van der Waals surface area contributed by atoms with Crippen molar-refractivity contribution in [1.82, 2.24) is 0 Å². The van der Waals surface area contributed by atoms with Gasteiger partial charge in [0, 0.05) is 12.7 Å². The monoisotopic (exact) mass is 265 g/mol. The summed E-state index contributed by atoms with van der Waals surface area (Å²) in [7, 11) is -3.71. The molecule has 1 aromatic rings. The van der Waals surface area contributed by atoms with Crippen molar-refractivity contribution in [1.29, 1.82) is 0 Å². The van der Waals surface area contributed by atoms with Gasteiger partial charge in [-0.3, -0.25) is 4.72 Å². The topological polar surface area (TPSA) is 66.4 Å². The third kappa shape index (κ3) is 4.66. The highest BCUT2D eigenvalue weighted by Gasteiger charge is 2.13. The molecule has 96 valence electrons. The molecule has 0 bridgehead atoms. The van der Waals surface area contributed by atoms with E-state index < -0.39 is 27.3 Å². The van der Waals surface area contributed by atoms with Crippen LogP contribution in [-0.2, 0) is 10.0 Å². The number of anilines is 1. The van der Waals surface area contributed by atoms with E-state index in [0.29, 0.717) is 6.42 Å². The molecule has 0 aliphatic carbocycles. The number of hydrogen-bond donors (Lipinski definition) is 2. The summed E-state index contributed by atoms with van der Waals surface area (Å²) in [5.74, 6) is -1.81. The molecule has 0 spiro atoms. The van der Waals surface area contributed by atoms with Gasteiger partial charge in [0.2, 0.25) is 10.0 Å². The Morgan fingerprint density at radius 2 is 1.94 bits per heavy atom. The Labute approximate surface area is 98.3 Å². The molecule has 4 nitrogen and oxygen atoms in total. The van der Waals surface area contributed by atoms with Crippen LogP contribution in [0.3, 0.4) is 0 Å². The average Bonchev–Trinajstić information content (AvgIpc) is 2.23. The number of sulfonamides is 1. The largest absolute Gasteiger partial charge is 0.396 e. The molecular weight excluding hydrogens is 252 g/mol. The van der Waals surface area contributed by atoms with E-state index in [2.05, 4.69) is 0 Å². The second-order valence-electron chi connectivity index (χ2n) is 3.48. The summed E-state index contributed by atoms with van der Waals surface area (Å²) in [5.41, 5.74) is -0.408.